The van der Waals surface area contributed by atoms with Crippen LogP contribution in [0.3, 0.4) is 0 Å². The van der Waals surface area contributed by atoms with Gasteiger partial charge in [-0.15, -0.1) is 0 Å². The van der Waals surface area contributed by atoms with Gasteiger partial charge in [0.1, 0.15) is 4.91 Å². The molecule has 0 radical (unpaired) electrons. The highest BCUT2D eigenvalue weighted by atomic mass is 32.2. The highest BCUT2D eigenvalue weighted by molar-refractivity contribution is 8.18. The van der Waals surface area contributed by atoms with E-state index in [1.807, 2.05) is 43.0 Å². The molecule has 0 aliphatic carbocycles. The number of ether oxygens (including phenoxy) is 1. The van der Waals surface area contributed by atoms with Crippen LogP contribution in [-0.2, 0) is 4.79 Å². The number of benzene rings is 1. The Morgan fingerprint density at radius 1 is 1.14 bits per heavy atom. The number of para-hydroxylation sites is 2. The van der Waals surface area contributed by atoms with Gasteiger partial charge in [0.05, 0.1) is 5.69 Å². The Hall–Kier alpha value is -1.95. The van der Waals surface area contributed by atoms with Gasteiger partial charge in [0.2, 0.25) is 5.88 Å². The average molecular weight is 304 g/mol. The van der Waals surface area contributed by atoms with Gasteiger partial charge in [-0.05, 0) is 37.2 Å². The zero-order valence-electron chi connectivity index (χ0n) is 12.0. The molecular weight excluding hydrogens is 288 g/mol. The number of hydrogen-bond acceptors (Lipinski definition) is 5. The first-order valence-electron chi connectivity index (χ1n) is 6.99. The van der Waals surface area contributed by atoms with Crippen molar-refractivity contribution >= 4 is 28.6 Å². The van der Waals surface area contributed by atoms with Crippen molar-refractivity contribution in [3.05, 3.63) is 35.1 Å². The van der Waals surface area contributed by atoms with Gasteiger partial charge in [0.15, 0.2) is 5.75 Å². The number of hydrogen-bond donors (Lipinski definition) is 0. The normalized spacial score (nSPS) is 21.0. The number of carbonyl (C=O) groups excluding carboxylic acids is 2. The monoisotopic (exact) mass is 304 g/mol. The summed E-state index contributed by atoms with van der Waals surface area (Å²) in [6.45, 7) is 5.05. The topological polar surface area (TPSA) is 49.9 Å². The van der Waals surface area contributed by atoms with E-state index in [2.05, 4.69) is 0 Å². The summed E-state index contributed by atoms with van der Waals surface area (Å²) in [6.07, 6.45) is 0.749. The third-order valence-electron chi connectivity index (χ3n) is 3.41. The summed E-state index contributed by atoms with van der Waals surface area (Å²) >= 11 is 0.959. The smallest absolute Gasteiger partial charge is 0.293 e. The number of carbonyl (C=O) groups is 2. The van der Waals surface area contributed by atoms with E-state index in [4.69, 9.17) is 4.74 Å². The van der Waals surface area contributed by atoms with Crippen molar-refractivity contribution < 1.29 is 14.3 Å². The second kappa shape index (κ2) is 5.44. The number of thioether (sulfide) groups is 1. The summed E-state index contributed by atoms with van der Waals surface area (Å²) in [5, 5.41) is -0.222. The molecule has 1 fully saturated rings. The van der Waals surface area contributed by atoms with E-state index in [1.54, 1.807) is 0 Å². The highest BCUT2D eigenvalue weighted by Gasteiger charge is 2.41. The van der Waals surface area contributed by atoms with E-state index in [0.29, 0.717) is 23.9 Å². The van der Waals surface area contributed by atoms with Crippen molar-refractivity contribution in [2.75, 3.05) is 18.0 Å². The maximum absolute atomic E-state index is 12.4. The van der Waals surface area contributed by atoms with E-state index in [-0.39, 0.29) is 11.1 Å². The summed E-state index contributed by atoms with van der Waals surface area (Å²) in [6, 6.07) is 7.62. The molecule has 1 aromatic carbocycles. The Bertz CT molecular complexity index is 642. The zero-order chi connectivity index (χ0) is 15.0. The van der Waals surface area contributed by atoms with E-state index in [1.165, 1.54) is 4.90 Å². The van der Waals surface area contributed by atoms with Crippen molar-refractivity contribution in [2.45, 2.75) is 20.3 Å². The molecule has 1 aromatic rings. The highest BCUT2D eigenvalue weighted by Crippen LogP contribution is 2.43. The van der Waals surface area contributed by atoms with Crippen molar-refractivity contribution in [3.8, 4) is 5.75 Å². The molecule has 0 spiro atoms. The van der Waals surface area contributed by atoms with Crippen LogP contribution in [0.15, 0.2) is 35.1 Å². The second-order valence-corrected chi connectivity index (χ2v) is 5.73. The Morgan fingerprint density at radius 3 is 2.62 bits per heavy atom. The molecule has 0 unspecified atom stereocenters. The molecule has 0 saturated carbocycles. The van der Waals surface area contributed by atoms with Gasteiger partial charge in [-0.1, -0.05) is 19.1 Å². The molecule has 21 heavy (non-hydrogen) atoms. The summed E-state index contributed by atoms with van der Waals surface area (Å²) in [4.78, 5) is 28.0. The fourth-order valence-corrected chi connectivity index (χ4v) is 3.36. The zero-order valence-corrected chi connectivity index (χ0v) is 12.8. The lowest BCUT2D eigenvalue weighted by atomic mass is 10.3. The summed E-state index contributed by atoms with van der Waals surface area (Å²) in [7, 11) is 0. The lowest BCUT2D eigenvalue weighted by Gasteiger charge is -2.16. The molecule has 0 bridgehead atoms. The number of anilines is 1. The molecule has 5 nitrogen and oxygen atoms in total. The van der Waals surface area contributed by atoms with Crippen molar-refractivity contribution in [1.29, 1.82) is 0 Å². The molecule has 1 saturated heterocycles. The van der Waals surface area contributed by atoms with Gasteiger partial charge < -0.3 is 9.64 Å². The lowest BCUT2D eigenvalue weighted by molar-refractivity contribution is -0.122. The van der Waals surface area contributed by atoms with E-state index < -0.39 is 0 Å². The first-order valence-corrected chi connectivity index (χ1v) is 7.81. The summed E-state index contributed by atoms with van der Waals surface area (Å²) in [5.74, 6) is 0.936. The van der Waals surface area contributed by atoms with Crippen molar-refractivity contribution in [2.24, 2.45) is 0 Å². The van der Waals surface area contributed by atoms with Crippen LogP contribution in [0.25, 0.3) is 0 Å². The quantitative estimate of drug-likeness (QED) is 0.803. The molecule has 2 aliphatic heterocycles. The molecule has 0 atom stereocenters. The number of nitrogens with zero attached hydrogens (tertiary/aromatic N) is 2. The number of imide groups is 1. The van der Waals surface area contributed by atoms with Gasteiger partial charge in [-0.2, -0.15) is 0 Å². The number of amides is 2. The largest absolute Gasteiger partial charge is 0.437 e. The molecule has 0 aromatic heterocycles. The predicted molar refractivity (Wildman–Crippen MR) is 82.1 cm³/mol. The molecule has 2 aliphatic rings. The van der Waals surface area contributed by atoms with E-state index in [0.717, 1.165) is 29.6 Å². The van der Waals surface area contributed by atoms with Crippen molar-refractivity contribution in [1.82, 2.24) is 4.90 Å². The molecule has 6 heteroatoms. The van der Waals surface area contributed by atoms with Crippen LogP contribution >= 0.6 is 11.8 Å². The molecule has 0 N–H and O–H groups in total. The van der Waals surface area contributed by atoms with Crippen LogP contribution in [-0.4, -0.2) is 29.1 Å². The maximum Gasteiger partial charge on any atom is 0.293 e. The molecule has 2 heterocycles. The van der Waals surface area contributed by atoms with Crippen LogP contribution in [0.2, 0.25) is 0 Å². The second-order valence-electron chi connectivity index (χ2n) is 4.77. The van der Waals surface area contributed by atoms with E-state index >= 15 is 0 Å². The average Bonchev–Trinajstić information content (AvgIpc) is 2.99. The van der Waals surface area contributed by atoms with Crippen LogP contribution in [0.4, 0.5) is 10.5 Å². The van der Waals surface area contributed by atoms with Gasteiger partial charge in [-0.3, -0.25) is 14.5 Å². The Morgan fingerprint density at radius 2 is 1.90 bits per heavy atom. The first kappa shape index (κ1) is 14.0. The maximum atomic E-state index is 12.4. The van der Waals surface area contributed by atoms with Gasteiger partial charge >= 0.3 is 0 Å². The summed E-state index contributed by atoms with van der Waals surface area (Å²) in [5.41, 5.74) is 0.928. The number of rotatable bonds is 3. The minimum atomic E-state index is -0.256. The predicted octanol–water partition coefficient (Wildman–Crippen LogP) is 3.18. The molecule has 2 amide bonds. The first-order chi connectivity index (χ1) is 10.2. The van der Waals surface area contributed by atoms with Gasteiger partial charge in [-0.25, -0.2) is 0 Å². The Kier molecular flexibility index (Phi) is 3.63. The molecular formula is C15H16N2O3S. The van der Waals surface area contributed by atoms with Crippen molar-refractivity contribution in [3.63, 3.8) is 0 Å². The minimum Gasteiger partial charge on any atom is -0.437 e. The van der Waals surface area contributed by atoms with E-state index in [9.17, 15) is 9.59 Å². The van der Waals surface area contributed by atoms with Gasteiger partial charge in [0.25, 0.3) is 11.1 Å². The molecule has 110 valence electrons. The third-order valence-corrected chi connectivity index (χ3v) is 4.36. The minimum absolute atomic E-state index is 0.222. The molecule has 3 rings (SSSR count). The SMILES string of the molecule is CCCN1C(=O)S/C(=C2\Oc3ccccc3N2CC)C1=O. The third kappa shape index (κ3) is 2.19. The van der Waals surface area contributed by atoms with Crippen LogP contribution in [0.1, 0.15) is 20.3 Å². The standard InChI is InChI=1S/C15H16N2O3S/c1-3-9-17-13(18)12(21-15(17)19)14-16(4-2)10-7-5-6-8-11(10)20-14/h5-8H,3-4,9H2,1-2H3/b14-12-. The fourth-order valence-electron chi connectivity index (χ4n) is 2.46. The van der Waals surface area contributed by atoms with Gasteiger partial charge in [0, 0.05) is 13.1 Å². The Balaban J connectivity index is 2.01. The van der Waals surface area contributed by atoms with Crippen LogP contribution in [0, 0.1) is 0 Å². The van der Waals surface area contributed by atoms with Crippen LogP contribution in [0.5, 0.6) is 5.75 Å². The number of fused-ring (bicyclic) bond motifs is 1. The van der Waals surface area contributed by atoms with Crippen LogP contribution < -0.4 is 9.64 Å². The summed E-state index contributed by atoms with van der Waals surface area (Å²) < 4.78 is 5.82. The fraction of sp³-hybridized carbons (Fsp3) is 0.333. The Labute approximate surface area is 127 Å². The lowest BCUT2D eigenvalue weighted by Crippen LogP contribution is -2.30.